The van der Waals surface area contributed by atoms with Gasteiger partial charge in [0, 0.05) is 30.7 Å². The lowest BCUT2D eigenvalue weighted by molar-refractivity contribution is 0.0926. The minimum atomic E-state index is 0.245. The Morgan fingerprint density at radius 3 is 2.29 bits per heavy atom. The van der Waals surface area contributed by atoms with Crippen LogP contribution in [0, 0.1) is 0 Å². The third-order valence-corrected chi connectivity index (χ3v) is 3.90. The van der Waals surface area contributed by atoms with Crippen LogP contribution in [-0.4, -0.2) is 47.3 Å². The van der Waals surface area contributed by atoms with Crippen molar-refractivity contribution in [3.05, 3.63) is 0 Å². The van der Waals surface area contributed by atoms with Crippen LogP contribution in [0.15, 0.2) is 0 Å². The van der Waals surface area contributed by atoms with E-state index < -0.39 is 0 Å². The first-order valence-electron chi connectivity index (χ1n) is 7.17. The van der Waals surface area contributed by atoms with Crippen molar-refractivity contribution in [3.8, 4) is 0 Å². The van der Waals surface area contributed by atoms with E-state index in [1.807, 2.05) is 0 Å². The van der Waals surface area contributed by atoms with Crippen LogP contribution in [0.25, 0.3) is 0 Å². The summed E-state index contributed by atoms with van der Waals surface area (Å²) >= 11 is 0. The van der Waals surface area contributed by atoms with Gasteiger partial charge in [-0.05, 0) is 33.1 Å². The molecule has 3 unspecified atom stereocenters. The Balaban J connectivity index is 2.36. The first-order valence-corrected chi connectivity index (χ1v) is 7.17. The Hall–Kier alpha value is -0.120. The second kappa shape index (κ2) is 7.34. The van der Waals surface area contributed by atoms with Gasteiger partial charge in [-0.3, -0.25) is 4.90 Å². The molecular formula is C14H30N2O. The monoisotopic (exact) mass is 242 g/mol. The Labute approximate surface area is 107 Å². The number of hydrogen-bond donors (Lipinski definition) is 2. The molecule has 3 nitrogen and oxygen atoms in total. The highest BCUT2D eigenvalue weighted by Gasteiger charge is 2.24. The zero-order valence-corrected chi connectivity index (χ0v) is 11.9. The maximum atomic E-state index is 9.36. The zero-order chi connectivity index (χ0) is 12.8. The van der Waals surface area contributed by atoms with Gasteiger partial charge in [-0.1, -0.05) is 20.3 Å². The third kappa shape index (κ3) is 4.94. The molecule has 0 bridgehead atoms. The molecule has 2 N–H and O–H groups in total. The number of piperidine rings is 1. The summed E-state index contributed by atoms with van der Waals surface area (Å²) in [5, 5.41) is 12.8. The van der Waals surface area contributed by atoms with E-state index in [9.17, 15) is 5.11 Å². The van der Waals surface area contributed by atoms with Crippen LogP contribution in [0.2, 0.25) is 0 Å². The van der Waals surface area contributed by atoms with E-state index in [1.165, 1.54) is 19.3 Å². The number of likely N-dealkylation sites (tertiary alicyclic amines) is 1. The first kappa shape index (κ1) is 14.9. The van der Waals surface area contributed by atoms with Gasteiger partial charge in [0.25, 0.3) is 0 Å². The van der Waals surface area contributed by atoms with Crippen molar-refractivity contribution in [2.75, 3.05) is 13.2 Å². The molecule has 1 saturated heterocycles. The van der Waals surface area contributed by atoms with Gasteiger partial charge in [-0.2, -0.15) is 0 Å². The second-order valence-corrected chi connectivity index (χ2v) is 5.86. The van der Waals surface area contributed by atoms with E-state index in [2.05, 4.69) is 37.9 Å². The minimum absolute atomic E-state index is 0.245. The van der Waals surface area contributed by atoms with Crippen molar-refractivity contribution in [1.29, 1.82) is 0 Å². The first-order chi connectivity index (χ1) is 8.04. The number of aliphatic hydroxyl groups is 1. The Bertz CT molecular complexity index is 198. The molecule has 1 rings (SSSR count). The highest BCUT2D eigenvalue weighted by molar-refractivity contribution is 4.81. The fourth-order valence-electron chi connectivity index (χ4n) is 2.92. The molecule has 102 valence electrons. The molecule has 0 aromatic heterocycles. The smallest absolute Gasteiger partial charge is 0.0585 e. The lowest BCUT2D eigenvalue weighted by Crippen LogP contribution is -2.47. The van der Waals surface area contributed by atoms with Crippen LogP contribution in [-0.2, 0) is 0 Å². The van der Waals surface area contributed by atoms with Crippen LogP contribution in [0.4, 0.5) is 0 Å². The van der Waals surface area contributed by atoms with Gasteiger partial charge in [-0.25, -0.2) is 0 Å². The van der Waals surface area contributed by atoms with E-state index in [-0.39, 0.29) is 12.6 Å². The van der Waals surface area contributed by atoms with E-state index in [0.29, 0.717) is 18.1 Å². The van der Waals surface area contributed by atoms with Gasteiger partial charge in [0.05, 0.1) is 6.61 Å². The summed E-state index contributed by atoms with van der Waals surface area (Å²) in [7, 11) is 0. The molecule has 0 amide bonds. The maximum absolute atomic E-state index is 9.36. The average molecular weight is 242 g/mol. The van der Waals surface area contributed by atoms with Crippen LogP contribution in [0.5, 0.6) is 0 Å². The number of hydrogen-bond acceptors (Lipinski definition) is 3. The van der Waals surface area contributed by atoms with Crippen molar-refractivity contribution in [1.82, 2.24) is 10.2 Å². The summed E-state index contributed by atoms with van der Waals surface area (Å²) < 4.78 is 0. The lowest BCUT2D eigenvalue weighted by Gasteiger charge is -2.39. The average Bonchev–Trinajstić information content (AvgIpc) is 2.26. The Morgan fingerprint density at radius 2 is 1.82 bits per heavy atom. The van der Waals surface area contributed by atoms with E-state index >= 15 is 0 Å². The van der Waals surface area contributed by atoms with Gasteiger partial charge in [0.1, 0.15) is 0 Å². The SMILES string of the molecule is CC(C)NC(CO)CCN1C(C)CCCC1C. The second-order valence-electron chi connectivity index (χ2n) is 5.86. The van der Waals surface area contributed by atoms with Gasteiger partial charge >= 0.3 is 0 Å². The number of rotatable bonds is 6. The molecule has 0 aliphatic carbocycles. The maximum Gasteiger partial charge on any atom is 0.0585 e. The molecule has 1 aliphatic rings. The summed E-state index contributed by atoms with van der Waals surface area (Å²) in [5.74, 6) is 0. The fraction of sp³-hybridized carbons (Fsp3) is 1.00. The molecule has 0 spiro atoms. The molecule has 17 heavy (non-hydrogen) atoms. The lowest BCUT2D eigenvalue weighted by atomic mass is 9.97. The van der Waals surface area contributed by atoms with Crippen molar-refractivity contribution >= 4 is 0 Å². The molecule has 0 aromatic carbocycles. The van der Waals surface area contributed by atoms with Crippen molar-refractivity contribution < 1.29 is 5.11 Å². The van der Waals surface area contributed by atoms with Gasteiger partial charge < -0.3 is 10.4 Å². The number of aliphatic hydroxyl groups excluding tert-OH is 1. The quantitative estimate of drug-likeness (QED) is 0.748. The van der Waals surface area contributed by atoms with E-state index in [1.54, 1.807) is 0 Å². The number of nitrogens with zero attached hydrogens (tertiary/aromatic N) is 1. The summed E-state index contributed by atoms with van der Waals surface area (Å²) in [5.41, 5.74) is 0. The minimum Gasteiger partial charge on any atom is -0.395 e. The Kier molecular flexibility index (Phi) is 6.45. The summed E-state index contributed by atoms with van der Waals surface area (Å²) in [6, 6.07) is 2.11. The van der Waals surface area contributed by atoms with Crippen molar-refractivity contribution in [2.45, 2.75) is 77.5 Å². The van der Waals surface area contributed by atoms with Crippen LogP contribution < -0.4 is 5.32 Å². The van der Waals surface area contributed by atoms with Crippen LogP contribution in [0.1, 0.15) is 53.4 Å². The predicted octanol–water partition coefficient (Wildman–Crippen LogP) is 2.00. The predicted molar refractivity (Wildman–Crippen MR) is 73.2 cm³/mol. The highest BCUT2D eigenvalue weighted by Crippen LogP contribution is 2.22. The molecule has 1 aliphatic heterocycles. The molecule has 0 radical (unpaired) electrons. The summed E-state index contributed by atoms with van der Waals surface area (Å²) in [6.07, 6.45) is 5.06. The molecule has 3 atom stereocenters. The molecular weight excluding hydrogens is 212 g/mol. The molecule has 1 fully saturated rings. The summed E-state index contributed by atoms with van der Waals surface area (Å²) in [6.45, 7) is 10.3. The van der Waals surface area contributed by atoms with Gasteiger partial charge in [0.2, 0.25) is 0 Å². The number of nitrogens with one attached hydrogen (secondary N) is 1. The highest BCUT2D eigenvalue weighted by atomic mass is 16.3. The Morgan fingerprint density at radius 1 is 1.24 bits per heavy atom. The van der Waals surface area contributed by atoms with Crippen LogP contribution in [0.3, 0.4) is 0 Å². The van der Waals surface area contributed by atoms with Gasteiger partial charge in [-0.15, -0.1) is 0 Å². The molecule has 0 saturated carbocycles. The van der Waals surface area contributed by atoms with Crippen molar-refractivity contribution in [3.63, 3.8) is 0 Å². The van der Waals surface area contributed by atoms with E-state index in [4.69, 9.17) is 0 Å². The molecule has 1 heterocycles. The largest absolute Gasteiger partial charge is 0.395 e. The van der Waals surface area contributed by atoms with E-state index in [0.717, 1.165) is 13.0 Å². The standard InChI is InChI=1S/C14H30N2O/c1-11(2)15-14(10-17)8-9-16-12(3)6-5-7-13(16)4/h11-15,17H,5-10H2,1-4H3. The van der Waals surface area contributed by atoms with Crippen molar-refractivity contribution in [2.24, 2.45) is 0 Å². The van der Waals surface area contributed by atoms with Crippen LogP contribution >= 0.6 is 0 Å². The normalized spacial score (nSPS) is 28.6. The zero-order valence-electron chi connectivity index (χ0n) is 11.9. The topological polar surface area (TPSA) is 35.5 Å². The third-order valence-electron chi connectivity index (χ3n) is 3.90. The van der Waals surface area contributed by atoms with Gasteiger partial charge in [0.15, 0.2) is 0 Å². The fourth-order valence-corrected chi connectivity index (χ4v) is 2.92. The molecule has 0 aromatic rings. The summed E-state index contributed by atoms with van der Waals surface area (Å²) in [4.78, 5) is 2.61. The molecule has 3 heteroatoms.